The number of nitrogens with zero attached hydrogens (tertiary/aromatic N) is 2. The van der Waals surface area contributed by atoms with Crippen LogP contribution in [0, 0.1) is 6.92 Å². The molecule has 0 amide bonds. The minimum atomic E-state index is 1.13. The summed E-state index contributed by atoms with van der Waals surface area (Å²) in [6, 6.07) is 74.0. The van der Waals surface area contributed by atoms with Crippen LogP contribution in [0.1, 0.15) is 5.56 Å². The number of fused-ring (bicyclic) bond motifs is 7. The van der Waals surface area contributed by atoms with E-state index in [1.54, 1.807) is 0 Å². The zero-order valence-electron chi connectivity index (χ0n) is 33.1. The molecule has 0 saturated heterocycles. The van der Waals surface area contributed by atoms with Gasteiger partial charge in [-0.3, -0.25) is 4.98 Å². The van der Waals surface area contributed by atoms with E-state index in [4.69, 9.17) is 0 Å². The van der Waals surface area contributed by atoms with Crippen molar-refractivity contribution in [3.63, 3.8) is 0 Å². The quantitative estimate of drug-likeness (QED) is 0.160. The molecule has 0 bridgehead atoms. The summed E-state index contributed by atoms with van der Waals surface area (Å²) in [7, 11) is 0. The number of pyridine rings is 1. The number of aryl methyl sites for hydroxylation is 1. The van der Waals surface area contributed by atoms with Crippen molar-refractivity contribution in [3.05, 3.63) is 218 Å². The molecule has 2 aromatic heterocycles. The van der Waals surface area contributed by atoms with E-state index in [0.29, 0.717) is 0 Å². The van der Waals surface area contributed by atoms with Gasteiger partial charge in [-0.1, -0.05) is 151 Å². The van der Waals surface area contributed by atoms with Gasteiger partial charge in [0.05, 0.1) is 11.0 Å². The highest BCUT2D eigenvalue weighted by Crippen LogP contribution is 2.46. The molecule has 0 aliphatic heterocycles. The van der Waals surface area contributed by atoms with E-state index < -0.39 is 0 Å². The molecule has 60 heavy (non-hydrogen) atoms. The average molecular weight is 763 g/mol. The molecule has 0 radical (unpaired) electrons. The van der Waals surface area contributed by atoms with Crippen molar-refractivity contribution in [1.29, 1.82) is 0 Å². The average Bonchev–Trinajstić information content (AvgIpc) is 3.63. The summed E-state index contributed by atoms with van der Waals surface area (Å²) in [6.07, 6.45) is 3.88. The van der Waals surface area contributed by atoms with Crippen molar-refractivity contribution in [1.82, 2.24) is 9.55 Å². The third kappa shape index (κ3) is 5.53. The largest absolute Gasteiger partial charge is 0.309 e. The highest BCUT2D eigenvalue weighted by Gasteiger charge is 2.19. The minimum absolute atomic E-state index is 1.13. The van der Waals surface area contributed by atoms with E-state index >= 15 is 0 Å². The maximum atomic E-state index is 4.49. The number of rotatable bonds is 5. The first-order valence-electron chi connectivity index (χ1n) is 20.7. The second-order valence-corrected chi connectivity index (χ2v) is 16.1. The maximum absolute atomic E-state index is 4.49. The Balaban J connectivity index is 1.05. The molecule has 0 atom stereocenters. The van der Waals surface area contributed by atoms with Crippen LogP contribution in [-0.2, 0) is 0 Å². The van der Waals surface area contributed by atoms with Gasteiger partial charge >= 0.3 is 0 Å². The molecular formula is C58H38N2. The Morgan fingerprint density at radius 2 is 0.883 bits per heavy atom. The van der Waals surface area contributed by atoms with Gasteiger partial charge in [0, 0.05) is 28.9 Å². The first-order valence-corrected chi connectivity index (χ1v) is 20.7. The molecule has 10 aromatic carbocycles. The van der Waals surface area contributed by atoms with Gasteiger partial charge in [0.25, 0.3) is 0 Å². The molecule has 0 unspecified atom stereocenters. The fourth-order valence-electron chi connectivity index (χ4n) is 9.63. The Morgan fingerprint density at radius 3 is 1.58 bits per heavy atom. The molecule has 0 aliphatic rings. The van der Waals surface area contributed by atoms with Crippen LogP contribution in [0.3, 0.4) is 0 Å². The van der Waals surface area contributed by atoms with Crippen LogP contribution in [-0.4, -0.2) is 9.55 Å². The topological polar surface area (TPSA) is 17.8 Å². The third-order valence-electron chi connectivity index (χ3n) is 12.5. The van der Waals surface area contributed by atoms with E-state index in [1.165, 1.54) is 109 Å². The van der Waals surface area contributed by atoms with Gasteiger partial charge < -0.3 is 4.57 Å². The highest BCUT2D eigenvalue weighted by molar-refractivity contribution is 6.22. The smallest absolute Gasteiger partial charge is 0.0571 e. The lowest BCUT2D eigenvalue weighted by Crippen LogP contribution is -1.94. The van der Waals surface area contributed by atoms with Crippen molar-refractivity contribution in [2.45, 2.75) is 6.92 Å². The summed E-state index contributed by atoms with van der Waals surface area (Å²) in [5.41, 5.74) is 14.4. The molecule has 280 valence electrons. The lowest BCUT2D eigenvalue weighted by molar-refractivity contribution is 1.17. The number of hydrogen-bond acceptors (Lipinski definition) is 1. The normalized spacial score (nSPS) is 11.8. The second-order valence-electron chi connectivity index (χ2n) is 16.1. The maximum Gasteiger partial charge on any atom is 0.0571 e. The predicted octanol–water partition coefficient (Wildman–Crippen LogP) is 15.8. The predicted molar refractivity (Wildman–Crippen MR) is 255 cm³/mol. The van der Waals surface area contributed by atoms with Crippen LogP contribution in [0.5, 0.6) is 0 Å². The van der Waals surface area contributed by atoms with Gasteiger partial charge in [0.15, 0.2) is 0 Å². The fourth-order valence-corrected chi connectivity index (χ4v) is 9.63. The summed E-state index contributed by atoms with van der Waals surface area (Å²) in [5, 5.41) is 12.4. The summed E-state index contributed by atoms with van der Waals surface area (Å²) in [4.78, 5) is 4.49. The van der Waals surface area contributed by atoms with E-state index in [0.717, 1.165) is 11.2 Å². The van der Waals surface area contributed by atoms with Crippen LogP contribution in [0.15, 0.2) is 213 Å². The van der Waals surface area contributed by atoms with Crippen LogP contribution in [0.25, 0.3) is 115 Å². The minimum Gasteiger partial charge on any atom is -0.309 e. The molecule has 2 heteroatoms. The van der Waals surface area contributed by atoms with E-state index in [1.807, 2.05) is 12.4 Å². The molecule has 0 fully saturated rings. The van der Waals surface area contributed by atoms with Crippen molar-refractivity contribution in [2.24, 2.45) is 0 Å². The molecule has 0 N–H and O–H groups in total. The summed E-state index contributed by atoms with van der Waals surface area (Å²) in [5.74, 6) is 0. The Labute approximate surface area is 348 Å². The van der Waals surface area contributed by atoms with E-state index in [9.17, 15) is 0 Å². The molecular weight excluding hydrogens is 725 g/mol. The Bertz CT molecular complexity index is 3680. The van der Waals surface area contributed by atoms with Crippen LogP contribution < -0.4 is 0 Å². The molecule has 12 aromatic rings. The summed E-state index contributed by atoms with van der Waals surface area (Å²) >= 11 is 0. The van der Waals surface area contributed by atoms with Crippen LogP contribution >= 0.6 is 0 Å². The Morgan fingerprint density at radius 1 is 0.333 bits per heavy atom. The standard InChI is InChI=1S/C58H38N2/c1-37-20-27-55-52(30-37)54-36-59-29-28-56(54)60(55)48-17-9-16-44(34-48)42-14-8-15-43(31-42)45-25-26-51-53(35-45)58(47-24-22-39-11-3-5-13-41(39)33-47)50-19-7-6-18-49(50)57(51)46-23-21-38-10-2-4-12-40(38)32-46/h2-36H,1H3. The van der Waals surface area contributed by atoms with Gasteiger partial charge in [-0.2, -0.15) is 0 Å². The Hall–Kier alpha value is -7.81. The number of hydrogen-bond donors (Lipinski definition) is 0. The second kappa shape index (κ2) is 13.7. The zero-order chi connectivity index (χ0) is 39.7. The molecule has 2 heterocycles. The number of benzene rings is 10. The first kappa shape index (κ1) is 34.3. The first-order chi connectivity index (χ1) is 29.6. The van der Waals surface area contributed by atoms with Gasteiger partial charge in [-0.15, -0.1) is 0 Å². The molecule has 0 aliphatic carbocycles. The number of aromatic nitrogens is 2. The molecule has 2 nitrogen and oxygen atoms in total. The van der Waals surface area contributed by atoms with Gasteiger partial charge in [0.2, 0.25) is 0 Å². The lowest BCUT2D eigenvalue weighted by Gasteiger charge is -2.19. The van der Waals surface area contributed by atoms with Crippen LogP contribution in [0.2, 0.25) is 0 Å². The lowest BCUT2D eigenvalue weighted by atomic mass is 9.84. The van der Waals surface area contributed by atoms with E-state index in [2.05, 4.69) is 217 Å². The molecule has 0 spiro atoms. The monoisotopic (exact) mass is 762 g/mol. The van der Waals surface area contributed by atoms with Crippen molar-refractivity contribution in [2.75, 3.05) is 0 Å². The summed E-state index contributed by atoms with van der Waals surface area (Å²) < 4.78 is 2.37. The third-order valence-corrected chi connectivity index (χ3v) is 12.5. The van der Waals surface area contributed by atoms with E-state index in [-0.39, 0.29) is 0 Å². The fraction of sp³-hybridized carbons (Fsp3) is 0.0172. The Kier molecular flexibility index (Phi) is 7.79. The highest BCUT2D eigenvalue weighted by atomic mass is 15.0. The van der Waals surface area contributed by atoms with Gasteiger partial charge in [-0.05, 0) is 149 Å². The van der Waals surface area contributed by atoms with Crippen molar-refractivity contribution in [3.8, 4) is 50.2 Å². The van der Waals surface area contributed by atoms with Gasteiger partial charge in [-0.25, -0.2) is 0 Å². The van der Waals surface area contributed by atoms with Crippen molar-refractivity contribution < 1.29 is 0 Å². The molecule has 12 rings (SSSR count). The SMILES string of the molecule is Cc1ccc2c(c1)c1cnccc1n2-c1cccc(-c2cccc(-c3ccc4c(-c5ccc6ccccc6c5)c5ccccc5c(-c5ccc6ccccc6c5)c4c3)c2)c1. The van der Waals surface area contributed by atoms with Crippen LogP contribution in [0.4, 0.5) is 0 Å². The zero-order valence-corrected chi connectivity index (χ0v) is 33.1. The van der Waals surface area contributed by atoms with Gasteiger partial charge in [0.1, 0.15) is 0 Å². The molecule has 0 saturated carbocycles. The van der Waals surface area contributed by atoms with Crippen molar-refractivity contribution >= 4 is 64.9 Å². The summed E-state index contributed by atoms with van der Waals surface area (Å²) in [6.45, 7) is 2.15.